The summed E-state index contributed by atoms with van der Waals surface area (Å²) in [5, 5.41) is 2.67. The molecule has 2 heterocycles. The van der Waals surface area contributed by atoms with Crippen molar-refractivity contribution in [3.8, 4) is 0 Å². The minimum absolute atomic E-state index is 0.286. The van der Waals surface area contributed by atoms with Crippen LogP contribution in [0.1, 0.15) is 24.1 Å². The van der Waals surface area contributed by atoms with Crippen molar-refractivity contribution in [1.29, 1.82) is 0 Å². The molecule has 0 spiro atoms. The van der Waals surface area contributed by atoms with Crippen molar-refractivity contribution < 1.29 is 4.74 Å². The van der Waals surface area contributed by atoms with E-state index in [1.165, 1.54) is 0 Å². The van der Waals surface area contributed by atoms with Gasteiger partial charge in [0.15, 0.2) is 0 Å². The van der Waals surface area contributed by atoms with Gasteiger partial charge in [-0.15, -0.1) is 0 Å². The third-order valence-electron chi connectivity index (χ3n) is 2.92. The van der Waals surface area contributed by atoms with Crippen molar-refractivity contribution in [1.82, 2.24) is 9.97 Å². The zero-order chi connectivity index (χ0) is 12.4. The average molecular weight is 251 g/mol. The van der Waals surface area contributed by atoms with E-state index in [9.17, 15) is 0 Å². The summed E-state index contributed by atoms with van der Waals surface area (Å²) in [6.07, 6.45) is 3.68. The van der Waals surface area contributed by atoms with Gasteiger partial charge in [0, 0.05) is 36.5 Å². The second-order valence-electron chi connectivity index (χ2n) is 4.21. The molecule has 0 aliphatic carbocycles. The van der Waals surface area contributed by atoms with Crippen LogP contribution < -0.4 is 0 Å². The van der Waals surface area contributed by atoms with Crippen LogP contribution in [-0.2, 0) is 4.74 Å². The molecular formula is C13H15ClN2O. The molecule has 0 radical (unpaired) electrons. The van der Waals surface area contributed by atoms with E-state index in [-0.39, 0.29) is 5.92 Å². The van der Waals surface area contributed by atoms with Gasteiger partial charge in [-0.25, -0.2) is 4.98 Å². The van der Waals surface area contributed by atoms with E-state index in [2.05, 4.69) is 16.9 Å². The monoisotopic (exact) mass is 250 g/mol. The number of hydrogen-bond acceptors (Lipinski definition) is 3. The molecule has 2 rings (SSSR count). The van der Waals surface area contributed by atoms with Crippen molar-refractivity contribution in [3.05, 3.63) is 34.9 Å². The molecule has 2 aromatic heterocycles. The second kappa shape index (κ2) is 4.98. The Balaban J connectivity index is 2.63. The van der Waals surface area contributed by atoms with Gasteiger partial charge < -0.3 is 4.74 Å². The van der Waals surface area contributed by atoms with E-state index in [1.807, 2.05) is 19.2 Å². The molecule has 0 aromatic carbocycles. The molecule has 0 aliphatic heterocycles. The second-order valence-corrected chi connectivity index (χ2v) is 4.60. The molecule has 0 N–H and O–H groups in total. The molecule has 17 heavy (non-hydrogen) atoms. The Kier molecular flexibility index (Phi) is 3.60. The van der Waals surface area contributed by atoms with Gasteiger partial charge in [0.25, 0.3) is 0 Å². The van der Waals surface area contributed by atoms with Gasteiger partial charge >= 0.3 is 0 Å². The number of fused-ring (bicyclic) bond motifs is 1. The highest BCUT2D eigenvalue weighted by Crippen LogP contribution is 2.27. The molecule has 0 fully saturated rings. The number of halogens is 1. The number of methoxy groups -OCH3 is 1. The summed E-state index contributed by atoms with van der Waals surface area (Å²) >= 11 is 5.96. The third-order valence-corrected chi connectivity index (χ3v) is 3.12. The van der Waals surface area contributed by atoms with Crippen LogP contribution in [0.15, 0.2) is 18.5 Å². The fraction of sp³-hybridized carbons (Fsp3) is 0.385. The molecule has 0 saturated heterocycles. The minimum Gasteiger partial charge on any atom is -0.384 e. The number of pyridine rings is 2. The molecule has 3 nitrogen and oxygen atoms in total. The van der Waals surface area contributed by atoms with Gasteiger partial charge in [-0.1, -0.05) is 18.5 Å². The highest BCUT2D eigenvalue weighted by molar-refractivity contribution is 6.30. The van der Waals surface area contributed by atoms with Crippen molar-refractivity contribution in [2.24, 2.45) is 0 Å². The summed E-state index contributed by atoms with van der Waals surface area (Å²) in [6.45, 7) is 4.76. The molecule has 90 valence electrons. The van der Waals surface area contributed by atoms with E-state index in [1.54, 1.807) is 13.3 Å². The largest absolute Gasteiger partial charge is 0.384 e. The summed E-state index contributed by atoms with van der Waals surface area (Å²) in [7, 11) is 1.70. The Labute approximate surface area is 106 Å². The predicted molar refractivity (Wildman–Crippen MR) is 69.6 cm³/mol. The first-order valence-corrected chi connectivity index (χ1v) is 5.91. The molecular weight excluding hydrogens is 236 g/mol. The summed E-state index contributed by atoms with van der Waals surface area (Å²) in [5.74, 6) is 0.286. The number of ether oxygens (including phenoxy) is 1. The van der Waals surface area contributed by atoms with Crippen LogP contribution in [0.2, 0.25) is 5.15 Å². The number of rotatable bonds is 3. The zero-order valence-electron chi connectivity index (χ0n) is 10.2. The van der Waals surface area contributed by atoms with E-state index in [0.29, 0.717) is 11.8 Å². The average Bonchev–Trinajstić information content (AvgIpc) is 2.29. The first-order chi connectivity index (χ1) is 8.13. The lowest BCUT2D eigenvalue weighted by Crippen LogP contribution is -2.04. The first-order valence-electron chi connectivity index (χ1n) is 5.53. The zero-order valence-corrected chi connectivity index (χ0v) is 11.0. The number of hydrogen-bond donors (Lipinski definition) is 0. The fourth-order valence-corrected chi connectivity index (χ4v) is 2.15. The maximum atomic E-state index is 5.96. The van der Waals surface area contributed by atoms with Crippen molar-refractivity contribution >= 4 is 22.4 Å². The Morgan fingerprint density at radius 2 is 2.06 bits per heavy atom. The lowest BCUT2D eigenvalue weighted by Gasteiger charge is -2.14. The molecule has 0 bridgehead atoms. The smallest absolute Gasteiger partial charge is 0.129 e. The van der Waals surface area contributed by atoms with E-state index in [0.717, 1.165) is 22.0 Å². The number of aromatic nitrogens is 2. The van der Waals surface area contributed by atoms with Crippen LogP contribution in [0.25, 0.3) is 10.8 Å². The Bertz CT molecular complexity index is 542. The molecule has 0 saturated carbocycles. The Morgan fingerprint density at radius 3 is 2.76 bits per heavy atom. The first kappa shape index (κ1) is 12.3. The lowest BCUT2D eigenvalue weighted by molar-refractivity contribution is 0.184. The van der Waals surface area contributed by atoms with Gasteiger partial charge in [-0.05, 0) is 23.9 Å². The molecule has 0 amide bonds. The highest BCUT2D eigenvalue weighted by atomic mass is 35.5. The third kappa shape index (κ3) is 2.40. The van der Waals surface area contributed by atoms with E-state index < -0.39 is 0 Å². The van der Waals surface area contributed by atoms with Crippen LogP contribution in [0.3, 0.4) is 0 Å². The number of aryl methyl sites for hydroxylation is 1. The maximum absolute atomic E-state index is 5.96. The minimum atomic E-state index is 0.286. The molecule has 2 aromatic rings. The fourth-order valence-electron chi connectivity index (χ4n) is 1.99. The quantitative estimate of drug-likeness (QED) is 0.784. The van der Waals surface area contributed by atoms with Gasteiger partial charge in [-0.3, -0.25) is 4.98 Å². The van der Waals surface area contributed by atoms with Crippen LogP contribution in [0.4, 0.5) is 0 Å². The maximum Gasteiger partial charge on any atom is 0.129 e. The van der Waals surface area contributed by atoms with Crippen molar-refractivity contribution in [3.63, 3.8) is 0 Å². The Hall–Kier alpha value is -1.19. The standard InChI is InChI=1S/C13H15ClN2O/c1-8(7-17-3)11-5-15-9(2)12-6-16-13(14)4-10(11)12/h4-6,8H,7H2,1-3H3/t8-/m0/s1. The highest BCUT2D eigenvalue weighted by Gasteiger charge is 2.12. The van der Waals surface area contributed by atoms with Crippen LogP contribution >= 0.6 is 11.6 Å². The predicted octanol–water partition coefficient (Wildman–Crippen LogP) is 3.34. The van der Waals surface area contributed by atoms with Crippen LogP contribution in [-0.4, -0.2) is 23.7 Å². The summed E-state index contributed by atoms with van der Waals surface area (Å²) in [5.41, 5.74) is 2.12. The van der Waals surface area contributed by atoms with Gasteiger partial charge in [0.1, 0.15) is 5.15 Å². The molecule has 1 atom stereocenters. The van der Waals surface area contributed by atoms with Crippen molar-refractivity contribution in [2.45, 2.75) is 19.8 Å². The summed E-state index contributed by atoms with van der Waals surface area (Å²) in [4.78, 5) is 8.51. The Morgan fingerprint density at radius 1 is 1.29 bits per heavy atom. The van der Waals surface area contributed by atoms with Gasteiger partial charge in [0.2, 0.25) is 0 Å². The molecule has 0 unspecified atom stereocenters. The van der Waals surface area contributed by atoms with E-state index in [4.69, 9.17) is 16.3 Å². The summed E-state index contributed by atoms with van der Waals surface area (Å²) < 4.78 is 5.19. The van der Waals surface area contributed by atoms with Gasteiger partial charge in [-0.2, -0.15) is 0 Å². The summed E-state index contributed by atoms with van der Waals surface area (Å²) in [6, 6.07) is 1.90. The van der Waals surface area contributed by atoms with Gasteiger partial charge in [0.05, 0.1) is 6.61 Å². The van der Waals surface area contributed by atoms with Crippen molar-refractivity contribution in [2.75, 3.05) is 13.7 Å². The van der Waals surface area contributed by atoms with E-state index >= 15 is 0 Å². The molecule has 0 aliphatic rings. The SMILES string of the molecule is COC[C@H](C)c1cnc(C)c2cnc(Cl)cc12. The topological polar surface area (TPSA) is 35.0 Å². The molecule has 4 heteroatoms. The number of nitrogens with zero attached hydrogens (tertiary/aromatic N) is 2. The normalized spacial score (nSPS) is 12.9. The van der Waals surface area contributed by atoms with Crippen LogP contribution in [0.5, 0.6) is 0 Å². The lowest BCUT2D eigenvalue weighted by atomic mass is 9.98. The van der Waals surface area contributed by atoms with Crippen LogP contribution in [0, 0.1) is 6.92 Å².